The molecule has 0 saturated heterocycles. The van der Waals surface area contributed by atoms with Gasteiger partial charge in [-0.25, -0.2) is 0 Å². The molecule has 0 saturated carbocycles. The van der Waals surface area contributed by atoms with Gasteiger partial charge in [0, 0.05) is 11.8 Å². The van der Waals surface area contributed by atoms with E-state index in [1.54, 1.807) is 0 Å². The Morgan fingerprint density at radius 3 is 3.20 bits per heavy atom. The molecule has 0 amide bonds. The average Bonchev–Trinajstić information content (AvgIpc) is 2.36. The lowest BCUT2D eigenvalue weighted by Gasteiger charge is -1.97. The maximum absolute atomic E-state index is 5.23. The van der Waals surface area contributed by atoms with Gasteiger partial charge in [-0.1, -0.05) is 0 Å². The predicted molar refractivity (Wildman–Crippen MR) is 37.5 cm³/mol. The largest absolute Gasteiger partial charge is 0.370 e. The molecule has 0 unspecified atom stereocenters. The molecule has 1 aliphatic rings. The van der Waals surface area contributed by atoms with Crippen LogP contribution in [-0.2, 0) is 18.0 Å². The molecule has 2 nitrogen and oxygen atoms in total. The molecule has 1 aromatic heterocycles. The van der Waals surface area contributed by atoms with Crippen LogP contribution in [-0.4, -0.2) is 4.98 Å². The Kier molecular flexibility index (Phi) is 1.21. The number of hydrogen-bond acceptors (Lipinski definition) is 2. The van der Waals surface area contributed by atoms with Gasteiger partial charge in [-0.2, -0.15) is 0 Å². The van der Waals surface area contributed by atoms with Crippen molar-refractivity contribution >= 4 is 0 Å². The number of nitrogens with zero attached hydrogens (tertiary/aromatic N) is 1. The fourth-order valence-corrected chi connectivity index (χ4v) is 1.22. The standard InChI is InChI=1S/C8H9NO/c1-6-2-3-9-8-5-10-4-7(6)8/h2-3H,4-5H2,1H3. The lowest BCUT2D eigenvalue weighted by atomic mass is 10.1. The first-order valence-electron chi connectivity index (χ1n) is 3.39. The van der Waals surface area contributed by atoms with Gasteiger partial charge < -0.3 is 4.74 Å². The molecule has 10 heavy (non-hydrogen) atoms. The highest BCUT2D eigenvalue weighted by Gasteiger charge is 2.13. The molecular formula is C8H9NO. The van der Waals surface area contributed by atoms with E-state index in [2.05, 4.69) is 11.9 Å². The Morgan fingerprint density at radius 1 is 1.50 bits per heavy atom. The van der Waals surface area contributed by atoms with E-state index in [0.29, 0.717) is 6.61 Å². The topological polar surface area (TPSA) is 22.1 Å². The van der Waals surface area contributed by atoms with Crippen LogP contribution in [0.3, 0.4) is 0 Å². The van der Waals surface area contributed by atoms with Gasteiger partial charge in [0.25, 0.3) is 0 Å². The molecule has 0 spiro atoms. The smallest absolute Gasteiger partial charge is 0.0896 e. The molecule has 0 atom stereocenters. The summed E-state index contributed by atoms with van der Waals surface area (Å²) in [5.74, 6) is 0. The van der Waals surface area contributed by atoms with Crippen LogP contribution in [0.5, 0.6) is 0 Å². The molecule has 0 aromatic carbocycles. The molecule has 0 N–H and O–H groups in total. The van der Waals surface area contributed by atoms with Crippen molar-refractivity contribution in [2.75, 3.05) is 0 Å². The first-order chi connectivity index (χ1) is 4.88. The molecule has 2 heteroatoms. The van der Waals surface area contributed by atoms with Gasteiger partial charge in [-0.05, 0) is 18.6 Å². The third-order valence-corrected chi connectivity index (χ3v) is 1.86. The number of rotatable bonds is 0. The SMILES string of the molecule is Cc1ccnc2c1COC2. The molecule has 0 aliphatic carbocycles. The first kappa shape index (κ1) is 5.86. The minimum atomic E-state index is 0.691. The molecule has 2 heterocycles. The fourth-order valence-electron chi connectivity index (χ4n) is 1.22. The third-order valence-electron chi connectivity index (χ3n) is 1.86. The van der Waals surface area contributed by atoms with Crippen LogP contribution >= 0.6 is 0 Å². The summed E-state index contributed by atoms with van der Waals surface area (Å²) in [6.07, 6.45) is 1.84. The first-order valence-corrected chi connectivity index (χ1v) is 3.39. The fraction of sp³-hybridized carbons (Fsp3) is 0.375. The van der Waals surface area contributed by atoms with Crippen LogP contribution in [0, 0.1) is 6.92 Å². The number of fused-ring (bicyclic) bond motifs is 1. The van der Waals surface area contributed by atoms with Crippen molar-refractivity contribution in [3.8, 4) is 0 Å². The molecular weight excluding hydrogens is 126 g/mol. The van der Waals surface area contributed by atoms with Gasteiger partial charge >= 0.3 is 0 Å². The molecule has 0 radical (unpaired) electrons. The van der Waals surface area contributed by atoms with Crippen molar-refractivity contribution in [2.24, 2.45) is 0 Å². The summed E-state index contributed by atoms with van der Waals surface area (Å²) in [7, 11) is 0. The van der Waals surface area contributed by atoms with Gasteiger partial charge in [0.2, 0.25) is 0 Å². The van der Waals surface area contributed by atoms with E-state index >= 15 is 0 Å². The van der Waals surface area contributed by atoms with Crippen molar-refractivity contribution < 1.29 is 4.74 Å². The van der Waals surface area contributed by atoms with Crippen molar-refractivity contribution in [3.05, 3.63) is 29.1 Å². The van der Waals surface area contributed by atoms with Crippen LogP contribution in [0.25, 0.3) is 0 Å². The molecule has 0 fully saturated rings. The van der Waals surface area contributed by atoms with Crippen LogP contribution in [0.15, 0.2) is 12.3 Å². The highest BCUT2D eigenvalue weighted by Crippen LogP contribution is 2.19. The summed E-state index contributed by atoms with van der Waals surface area (Å²) < 4.78 is 5.23. The lowest BCUT2D eigenvalue weighted by molar-refractivity contribution is 0.133. The number of hydrogen-bond donors (Lipinski definition) is 0. The number of pyridine rings is 1. The van der Waals surface area contributed by atoms with E-state index < -0.39 is 0 Å². The molecule has 0 bridgehead atoms. The van der Waals surface area contributed by atoms with Gasteiger partial charge in [0.1, 0.15) is 0 Å². The summed E-state index contributed by atoms with van der Waals surface area (Å²) >= 11 is 0. The third kappa shape index (κ3) is 0.727. The van der Waals surface area contributed by atoms with Crippen LogP contribution in [0.4, 0.5) is 0 Å². The second-order valence-electron chi connectivity index (χ2n) is 2.55. The average molecular weight is 135 g/mol. The second kappa shape index (κ2) is 2.06. The molecule has 2 rings (SSSR count). The van der Waals surface area contributed by atoms with Crippen molar-refractivity contribution in [3.63, 3.8) is 0 Å². The van der Waals surface area contributed by atoms with Crippen molar-refractivity contribution in [2.45, 2.75) is 20.1 Å². The minimum Gasteiger partial charge on any atom is -0.370 e. The highest BCUT2D eigenvalue weighted by atomic mass is 16.5. The van der Waals surface area contributed by atoms with Crippen LogP contribution in [0.1, 0.15) is 16.8 Å². The van der Waals surface area contributed by atoms with E-state index in [-0.39, 0.29) is 0 Å². The van der Waals surface area contributed by atoms with Crippen LogP contribution in [0.2, 0.25) is 0 Å². The maximum atomic E-state index is 5.23. The Hall–Kier alpha value is -0.890. The van der Waals surface area contributed by atoms with E-state index in [0.717, 1.165) is 12.3 Å². The monoisotopic (exact) mass is 135 g/mol. The van der Waals surface area contributed by atoms with Crippen molar-refractivity contribution in [1.82, 2.24) is 4.98 Å². The predicted octanol–water partition coefficient (Wildman–Crippen LogP) is 1.42. The number of ether oxygens (including phenoxy) is 1. The Labute approximate surface area is 59.9 Å². The van der Waals surface area contributed by atoms with E-state index in [1.165, 1.54) is 11.1 Å². The van der Waals surface area contributed by atoms with Gasteiger partial charge in [-0.15, -0.1) is 0 Å². The quantitative estimate of drug-likeness (QED) is 0.536. The van der Waals surface area contributed by atoms with E-state index in [9.17, 15) is 0 Å². The normalized spacial score (nSPS) is 15.3. The van der Waals surface area contributed by atoms with Crippen molar-refractivity contribution in [1.29, 1.82) is 0 Å². The summed E-state index contributed by atoms with van der Waals surface area (Å²) in [5, 5.41) is 0. The van der Waals surface area contributed by atoms with Crippen LogP contribution < -0.4 is 0 Å². The molecule has 52 valence electrons. The zero-order valence-electron chi connectivity index (χ0n) is 5.92. The Bertz CT molecular complexity index is 257. The zero-order chi connectivity index (χ0) is 6.97. The maximum Gasteiger partial charge on any atom is 0.0896 e. The molecule has 1 aliphatic heterocycles. The summed E-state index contributed by atoms with van der Waals surface area (Å²) in [6, 6.07) is 2.02. The number of aromatic nitrogens is 1. The van der Waals surface area contributed by atoms with Gasteiger partial charge in [0.05, 0.1) is 18.9 Å². The summed E-state index contributed by atoms with van der Waals surface area (Å²) in [6.45, 7) is 3.53. The minimum absolute atomic E-state index is 0.691. The van der Waals surface area contributed by atoms with E-state index in [1.807, 2.05) is 12.3 Å². The van der Waals surface area contributed by atoms with Gasteiger partial charge in [0.15, 0.2) is 0 Å². The molecule has 1 aromatic rings. The second-order valence-corrected chi connectivity index (χ2v) is 2.55. The van der Waals surface area contributed by atoms with Gasteiger partial charge in [-0.3, -0.25) is 4.98 Å². The number of aryl methyl sites for hydroxylation is 1. The summed E-state index contributed by atoms with van der Waals surface area (Å²) in [5.41, 5.74) is 3.69. The van der Waals surface area contributed by atoms with E-state index in [4.69, 9.17) is 4.74 Å². The Balaban J connectivity index is 2.59. The highest BCUT2D eigenvalue weighted by molar-refractivity contribution is 5.29. The lowest BCUT2D eigenvalue weighted by Crippen LogP contribution is -1.89. The Morgan fingerprint density at radius 2 is 2.40 bits per heavy atom. The zero-order valence-corrected chi connectivity index (χ0v) is 5.92. The summed E-state index contributed by atoms with van der Waals surface area (Å²) in [4.78, 5) is 4.20.